The summed E-state index contributed by atoms with van der Waals surface area (Å²) in [4.78, 5) is 4.31. The first-order chi connectivity index (χ1) is 9.34. The molecule has 0 saturated heterocycles. The molecular weight excluding hydrogens is 238 g/mol. The van der Waals surface area contributed by atoms with E-state index in [1.54, 1.807) is 24.4 Å². The van der Waals surface area contributed by atoms with E-state index in [0.717, 1.165) is 16.5 Å². The number of benzene rings is 2. The number of phenolic OH excluding ortho intramolecular Hbond substituents is 1. The molecule has 0 atom stereocenters. The first kappa shape index (κ1) is 11.5. The summed E-state index contributed by atoms with van der Waals surface area (Å²) in [7, 11) is 0. The largest absolute Gasteiger partial charge is 0.504 e. The van der Waals surface area contributed by atoms with Gasteiger partial charge in [-0.05, 0) is 24.3 Å². The van der Waals surface area contributed by atoms with E-state index in [1.807, 2.05) is 36.4 Å². The lowest BCUT2D eigenvalue weighted by Gasteiger charge is -2.09. The Balaban J connectivity index is 1.88. The number of aromatic nitrogens is 1. The maximum atomic E-state index is 9.66. The lowest BCUT2D eigenvalue weighted by molar-refractivity contribution is 0.290. The Morgan fingerprint density at radius 3 is 2.63 bits per heavy atom. The van der Waals surface area contributed by atoms with Gasteiger partial charge in [-0.2, -0.15) is 0 Å². The molecule has 0 aliphatic rings. The quantitative estimate of drug-likeness (QED) is 0.774. The highest BCUT2D eigenvalue weighted by molar-refractivity contribution is 5.81. The molecule has 0 amide bonds. The van der Waals surface area contributed by atoms with Crippen LogP contribution in [0.2, 0.25) is 0 Å². The summed E-state index contributed by atoms with van der Waals surface area (Å²) < 4.78 is 5.65. The Labute approximate surface area is 111 Å². The first-order valence-electron chi connectivity index (χ1n) is 6.08. The van der Waals surface area contributed by atoms with Gasteiger partial charge in [-0.3, -0.25) is 4.98 Å². The summed E-state index contributed by atoms with van der Waals surface area (Å²) in [6.07, 6.45) is 1.77. The molecule has 0 saturated carbocycles. The van der Waals surface area contributed by atoms with Crippen molar-refractivity contribution in [2.24, 2.45) is 0 Å². The van der Waals surface area contributed by atoms with E-state index < -0.39 is 0 Å². The Bertz CT molecular complexity index is 704. The number of rotatable bonds is 3. The van der Waals surface area contributed by atoms with Crippen molar-refractivity contribution in [1.82, 2.24) is 4.98 Å². The molecule has 0 unspecified atom stereocenters. The van der Waals surface area contributed by atoms with Gasteiger partial charge in [0, 0.05) is 17.1 Å². The molecule has 0 aliphatic carbocycles. The van der Waals surface area contributed by atoms with Gasteiger partial charge in [-0.1, -0.05) is 30.3 Å². The molecule has 1 N–H and O–H groups in total. The molecule has 1 aromatic heterocycles. The molecule has 0 spiro atoms. The van der Waals surface area contributed by atoms with Crippen molar-refractivity contribution in [3.63, 3.8) is 0 Å². The highest BCUT2D eigenvalue weighted by Crippen LogP contribution is 2.26. The fourth-order valence-electron chi connectivity index (χ4n) is 2.02. The van der Waals surface area contributed by atoms with Crippen LogP contribution in [0.5, 0.6) is 11.5 Å². The van der Waals surface area contributed by atoms with Crippen molar-refractivity contribution in [1.29, 1.82) is 0 Å². The third-order valence-corrected chi connectivity index (χ3v) is 2.99. The minimum absolute atomic E-state index is 0.154. The molecular formula is C16H13NO2. The first-order valence-corrected chi connectivity index (χ1v) is 6.08. The topological polar surface area (TPSA) is 42.4 Å². The van der Waals surface area contributed by atoms with Gasteiger partial charge in [0.2, 0.25) is 0 Å². The predicted molar refractivity (Wildman–Crippen MR) is 74.2 cm³/mol. The third-order valence-electron chi connectivity index (χ3n) is 2.99. The lowest BCUT2D eigenvalue weighted by atomic mass is 10.1. The standard InChI is InChI=1S/C16H13NO2/c18-15-7-3-4-8-16(15)19-11-12-9-10-17-14-6-2-1-5-13(12)14/h1-10,18H,11H2. The predicted octanol–water partition coefficient (Wildman–Crippen LogP) is 3.52. The minimum atomic E-state index is 0.154. The molecule has 19 heavy (non-hydrogen) atoms. The van der Waals surface area contributed by atoms with Crippen LogP contribution >= 0.6 is 0 Å². The second kappa shape index (κ2) is 4.98. The van der Waals surface area contributed by atoms with Gasteiger partial charge < -0.3 is 9.84 Å². The Kier molecular flexibility index (Phi) is 3.02. The van der Waals surface area contributed by atoms with Crippen molar-refractivity contribution in [2.75, 3.05) is 0 Å². The van der Waals surface area contributed by atoms with Gasteiger partial charge in [0.15, 0.2) is 11.5 Å². The minimum Gasteiger partial charge on any atom is -0.504 e. The van der Waals surface area contributed by atoms with Gasteiger partial charge in [0.05, 0.1) is 5.52 Å². The molecule has 0 fully saturated rings. The molecule has 3 nitrogen and oxygen atoms in total. The molecule has 0 bridgehead atoms. The van der Waals surface area contributed by atoms with Crippen LogP contribution in [0.15, 0.2) is 60.8 Å². The van der Waals surface area contributed by atoms with Crippen LogP contribution in [0.4, 0.5) is 0 Å². The Hall–Kier alpha value is -2.55. The smallest absolute Gasteiger partial charge is 0.161 e. The van der Waals surface area contributed by atoms with Crippen molar-refractivity contribution < 1.29 is 9.84 Å². The van der Waals surface area contributed by atoms with E-state index in [2.05, 4.69) is 4.98 Å². The van der Waals surface area contributed by atoms with Crippen LogP contribution in [0, 0.1) is 0 Å². The van der Waals surface area contributed by atoms with Crippen molar-refractivity contribution >= 4 is 10.9 Å². The van der Waals surface area contributed by atoms with Crippen molar-refractivity contribution in [3.8, 4) is 11.5 Å². The molecule has 3 rings (SSSR count). The molecule has 3 heteroatoms. The fourth-order valence-corrected chi connectivity index (χ4v) is 2.02. The van der Waals surface area contributed by atoms with Crippen LogP contribution in [0.25, 0.3) is 10.9 Å². The van der Waals surface area contributed by atoms with Crippen LogP contribution in [-0.2, 0) is 6.61 Å². The summed E-state index contributed by atoms with van der Waals surface area (Å²) in [5.41, 5.74) is 2.00. The average Bonchev–Trinajstić information content (AvgIpc) is 2.46. The van der Waals surface area contributed by atoms with E-state index in [4.69, 9.17) is 4.74 Å². The molecule has 3 aromatic rings. The van der Waals surface area contributed by atoms with Crippen LogP contribution in [0.1, 0.15) is 5.56 Å². The average molecular weight is 251 g/mol. The van der Waals surface area contributed by atoms with E-state index in [9.17, 15) is 5.11 Å². The third kappa shape index (κ3) is 2.36. The van der Waals surface area contributed by atoms with E-state index in [-0.39, 0.29) is 5.75 Å². The zero-order chi connectivity index (χ0) is 13.1. The Morgan fingerprint density at radius 2 is 1.74 bits per heavy atom. The van der Waals surface area contributed by atoms with Crippen molar-refractivity contribution in [2.45, 2.75) is 6.61 Å². The highest BCUT2D eigenvalue weighted by atomic mass is 16.5. The second-order valence-electron chi connectivity index (χ2n) is 4.24. The number of hydrogen-bond donors (Lipinski definition) is 1. The van der Waals surface area contributed by atoms with Gasteiger partial charge in [-0.15, -0.1) is 0 Å². The number of aromatic hydroxyl groups is 1. The number of fused-ring (bicyclic) bond motifs is 1. The number of para-hydroxylation sites is 3. The van der Waals surface area contributed by atoms with Crippen LogP contribution < -0.4 is 4.74 Å². The van der Waals surface area contributed by atoms with Gasteiger partial charge in [0.25, 0.3) is 0 Å². The molecule has 94 valence electrons. The molecule has 1 heterocycles. The lowest BCUT2D eigenvalue weighted by Crippen LogP contribution is -1.97. The molecule has 0 radical (unpaired) electrons. The second-order valence-corrected chi connectivity index (χ2v) is 4.24. The van der Waals surface area contributed by atoms with Crippen molar-refractivity contribution in [3.05, 3.63) is 66.4 Å². The summed E-state index contributed by atoms with van der Waals surface area (Å²) in [6, 6.07) is 16.8. The maximum Gasteiger partial charge on any atom is 0.161 e. The SMILES string of the molecule is Oc1ccccc1OCc1ccnc2ccccc12. The maximum absolute atomic E-state index is 9.66. The summed E-state index contributed by atoms with van der Waals surface area (Å²) in [5.74, 6) is 0.643. The zero-order valence-electron chi connectivity index (χ0n) is 10.3. The monoisotopic (exact) mass is 251 g/mol. The van der Waals surface area contributed by atoms with E-state index in [1.165, 1.54) is 0 Å². The van der Waals surface area contributed by atoms with Gasteiger partial charge in [0.1, 0.15) is 6.61 Å². The number of pyridine rings is 1. The fraction of sp³-hybridized carbons (Fsp3) is 0.0625. The van der Waals surface area contributed by atoms with Crippen LogP contribution in [0.3, 0.4) is 0 Å². The molecule has 2 aromatic carbocycles. The van der Waals surface area contributed by atoms with Crippen LogP contribution in [-0.4, -0.2) is 10.1 Å². The zero-order valence-corrected chi connectivity index (χ0v) is 10.3. The number of phenols is 1. The molecule has 0 aliphatic heterocycles. The number of nitrogens with zero attached hydrogens (tertiary/aromatic N) is 1. The van der Waals surface area contributed by atoms with Gasteiger partial charge in [-0.25, -0.2) is 0 Å². The Morgan fingerprint density at radius 1 is 0.947 bits per heavy atom. The summed E-state index contributed by atoms with van der Waals surface area (Å²) in [5, 5.41) is 10.7. The van der Waals surface area contributed by atoms with E-state index in [0.29, 0.717) is 12.4 Å². The normalized spacial score (nSPS) is 10.5. The van der Waals surface area contributed by atoms with Gasteiger partial charge >= 0.3 is 0 Å². The summed E-state index contributed by atoms with van der Waals surface area (Å²) in [6.45, 7) is 0.403. The van der Waals surface area contributed by atoms with E-state index >= 15 is 0 Å². The highest BCUT2D eigenvalue weighted by Gasteiger charge is 2.04. The number of ether oxygens (including phenoxy) is 1. The number of hydrogen-bond acceptors (Lipinski definition) is 3. The summed E-state index contributed by atoms with van der Waals surface area (Å²) >= 11 is 0.